The van der Waals surface area contributed by atoms with Gasteiger partial charge < -0.3 is 4.74 Å². The van der Waals surface area contributed by atoms with Crippen LogP contribution in [-0.2, 0) is 4.74 Å². The maximum absolute atomic E-state index is 12.2. The van der Waals surface area contributed by atoms with Gasteiger partial charge in [-0.15, -0.1) is 0 Å². The van der Waals surface area contributed by atoms with E-state index in [0.29, 0.717) is 16.9 Å². The molecule has 3 heteroatoms. The summed E-state index contributed by atoms with van der Waals surface area (Å²) in [6, 6.07) is 7.36. The monoisotopic (exact) mass is 262 g/mol. The molecule has 0 N–H and O–H groups in total. The summed E-state index contributed by atoms with van der Waals surface area (Å²) in [6.45, 7) is 0. The molecule has 0 saturated heterocycles. The Morgan fingerprint density at radius 3 is 2.30 bits per heavy atom. The second-order valence-electron chi connectivity index (χ2n) is 4.89. The van der Waals surface area contributed by atoms with Crippen molar-refractivity contribution in [1.82, 2.24) is 0 Å². The van der Waals surface area contributed by atoms with E-state index in [1.807, 2.05) is 18.2 Å². The van der Waals surface area contributed by atoms with E-state index in [1.165, 1.54) is 6.08 Å². The van der Waals surface area contributed by atoms with Gasteiger partial charge in [-0.2, -0.15) is 0 Å². The van der Waals surface area contributed by atoms with Crippen LogP contribution < -0.4 is 0 Å². The molecule has 0 amide bonds. The van der Waals surface area contributed by atoms with Crippen LogP contribution in [-0.4, -0.2) is 18.7 Å². The first kappa shape index (κ1) is 11.2. The normalized spacial score (nSPS) is 15.6. The average molecular weight is 262 g/mol. The predicted octanol–water partition coefficient (Wildman–Crippen LogP) is 3.23. The Hall–Kier alpha value is -2.68. The number of methoxy groups -OCH3 is 1. The average Bonchev–Trinajstić information content (AvgIpc) is 2.48. The third kappa shape index (κ3) is 1.24. The molecule has 4 rings (SSSR count). The summed E-state index contributed by atoms with van der Waals surface area (Å²) >= 11 is 0. The molecule has 3 nitrogen and oxygen atoms in total. The van der Waals surface area contributed by atoms with Crippen LogP contribution in [0.5, 0.6) is 0 Å². The van der Waals surface area contributed by atoms with Gasteiger partial charge >= 0.3 is 0 Å². The van der Waals surface area contributed by atoms with Gasteiger partial charge in [0.15, 0.2) is 11.6 Å². The largest absolute Gasteiger partial charge is 0.496 e. The maximum Gasteiger partial charge on any atom is 0.190 e. The lowest BCUT2D eigenvalue weighted by Crippen LogP contribution is -2.10. The van der Waals surface area contributed by atoms with E-state index in [2.05, 4.69) is 0 Å². The zero-order chi connectivity index (χ0) is 13.9. The minimum absolute atomic E-state index is 0.0258. The highest BCUT2D eigenvalue weighted by molar-refractivity contribution is 6.27. The molecule has 2 aliphatic rings. The Balaban J connectivity index is 2.25. The van der Waals surface area contributed by atoms with Gasteiger partial charge in [0, 0.05) is 33.5 Å². The molecular formula is C17H10O3. The van der Waals surface area contributed by atoms with E-state index < -0.39 is 0 Å². The van der Waals surface area contributed by atoms with E-state index in [0.717, 1.165) is 21.9 Å². The van der Waals surface area contributed by atoms with Crippen molar-refractivity contribution in [2.75, 3.05) is 7.11 Å². The first-order valence-electron chi connectivity index (χ1n) is 6.33. The number of carbonyl (C=O) groups is 2. The van der Waals surface area contributed by atoms with Gasteiger partial charge in [-0.25, -0.2) is 0 Å². The zero-order valence-corrected chi connectivity index (χ0v) is 10.8. The van der Waals surface area contributed by atoms with E-state index in [1.54, 1.807) is 25.3 Å². The number of hydrogen-bond donors (Lipinski definition) is 0. The summed E-state index contributed by atoms with van der Waals surface area (Å²) in [5, 5.41) is 1.67. The highest BCUT2D eigenvalue weighted by atomic mass is 16.5. The second kappa shape index (κ2) is 3.67. The van der Waals surface area contributed by atoms with Crippen LogP contribution in [0.25, 0.3) is 22.6 Å². The topological polar surface area (TPSA) is 43.4 Å². The molecule has 0 aliphatic heterocycles. The van der Waals surface area contributed by atoms with Crippen molar-refractivity contribution < 1.29 is 14.3 Å². The molecule has 0 unspecified atom stereocenters. The molecule has 0 radical (unpaired) electrons. The number of ketones is 2. The third-order valence-electron chi connectivity index (χ3n) is 3.89. The highest BCUT2D eigenvalue weighted by Gasteiger charge is 2.25. The van der Waals surface area contributed by atoms with Crippen LogP contribution in [0.15, 0.2) is 36.4 Å². The molecule has 96 valence electrons. The Morgan fingerprint density at radius 1 is 0.800 bits per heavy atom. The second-order valence-corrected chi connectivity index (χ2v) is 4.89. The molecule has 2 aliphatic carbocycles. The number of ether oxygens (including phenoxy) is 1. The van der Waals surface area contributed by atoms with E-state index in [9.17, 15) is 9.59 Å². The number of rotatable bonds is 1. The lowest BCUT2D eigenvalue weighted by atomic mass is 9.84. The van der Waals surface area contributed by atoms with Crippen LogP contribution in [0.2, 0.25) is 0 Å². The Morgan fingerprint density at radius 2 is 1.50 bits per heavy atom. The molecule has 20 heavy (non-hydrogen) atoms. The molecule has 0 heterocycles. The standard InChI is InChI=1S/C17H10O3/c1-20-15-8-14(19)11-4-2-9-3-7-13(18)10-5-6-12(15)17(11)16(9)10/h2-8H,1H3. The first-order chi connectivity index (χ1) is 9.70. The van der Waals surface area contributed by atoms with Crippen LogP contribution >= 0.6 is 0 Å². The molecule has 2 aromatic rings. The minimum atomic E-state index is -0.0833. The van der Waals surface area contributed by atoms with Gasteiger partial charge in [-0.1, -0.05) is 12.1 Å². The fourth-order valence-electron chi connectivity index (χ4n) is 2.98. The Bertz CT molecular complexity index is 869. The number of hydrogen-bond acceptors (Lipinski definition) is 3. The summed E-state index contributed by atoms with van der Waals surface area (Å²) in [5.41, 5.74) is 3.11. The van der Waals surface area contributed by atoms with Crippen molar-refractivity contribution in [3.8, 4) is 0 Å². The SMILES string of the molecule is COC1=CC(=O)c2ccc3c4c(ccc1c24)C(=O)C=C3. The van der Waals surface area contributed by atoms with Crippen molar-refractivity contribution in [1.29, 1.82) is 0 Å². The molecule has 0 aromatic heterocycles. The summed E-state index contributed by atoms with van der Waals surface area (Å²) in [7, 11) is 1.55. The number of allylic oxidation sites excluding steroid dienone is 2. The van der Waals surface area contributed by atoms with Crippen molar-refractivity contribution >= 4 is 34.2 Å². The van der Waals surface area contributed by atoms with Crippen LogP contribution in [0.3, 0.4) is 0 Å². The smallest absolute Gasteiger partial charge is 0.190 e. The fourth-order valence-corrected chi connectivity index (χ4v) is 2.98. The summed E-state index contributed by atoms with van der Waals surface area (Å²) in [4.78, 5) is 24.2. The lowest BCUT2D eigenvalue weighted by molar-refractivity contribution is 0.103. The minimum Gasteiger partial charge on any atom is -0.496 e. The summed E-state index contributed by atoms with van der Waals surface area (Å²) < 4.78 is 5.30. The van der Waals surface area contributed by atoms with Crippen molar-refractivity contribution in [2.45, 2.75) is 0 Å². The molecular weight excluding hydrogens is 252 g/mol. The molecule has 0 atom stereocenters. The fraction of sp³-hybridized carbons (Fsp3) is 0.0588. The molecule has 0 saturated carbocycles. The van der Waals surface area contributed by atoms with Crippen LogP contribution in [0.1, 0.15) is 31.8 Å². The van der Waals surface area contributed by atoms with Crippen molar-refractivity contribution in [2.24, 2.45) is 0 Å². The highest BCUT2D eigenvalue weighted by Crippen LogP contribution is 2.38. The summed E-state index contributed by atoms with van der Waals surface area (Å²) in [6.07, 6.45) is 4.87. The molecule has 2 aromatic carbocycles. The first-order valence-corrected chi connectivity index (χ1v) is 6.33. The van der Waals surface area contributed by atoms with Gasteiger partial charge in [-0.3, -0.25) is 9.59 Å². The predicted molar refractivity (Wildman–Crippen MR) is 76.6 cm³/mol. The number of carbonyl (C=O) groups excluding carboxylic acids is 2. The molecule has 0 fully saturated rings. The lowest BCUT2D eigenvalue weighted by Gasteiger charge is -2.21. The van der Waals surface area contributed by atoms with Gasteiger partial charge in [-0.05, 0) is 29.8 Å². The maximum atomic E-state index is 12.2. The van der Waals surface area contributed by atoms with Crippen molar-refractivity contribution in [3.63, 3.8) is 0 Å². The summed E-state index contributed by atoms with van der Waals surface area (Å²) in [5.74, 6) is 0.440. The zero-order valence-electron chi connectivity index (χ0n) is 10.8. The quantitative estimate of drug-likeness (QED) is 0.792. The third-order valence-corrected chi connectivity index (χ3v) is 3.89. The van der Waals surface area contributed by atoms with E-state index in [4.69, 9.17) is 4.74 Å². The van der Waals surface area contributed by atoms with Gasteiger partial charge in [0.1, 0.15) is 5.76 Å². The Labute approximate surface area is 115 Å². The van der Waals surface area contributed by atoms with Crippen molar-refractivity contribution in [3.05, 3.63) is 58.7 Å². The van der Waals surface area contributed by atoms with Gasteiger partial charge in [0.05, 0.1) is 7.11 Å². The van der Waals surface area contributed by atoms with E-state index in [-0.39, 0.29) is 11.6 Å². The van der Waals surface area contributed by atoms with E-state index >= 15 is 0 Å². The van der Waals surface area contributed by atoms with Crippen LogP contribution in [0.4, 0.5) is 0 Å². The van der Waals surface area contributed by atoms with Gasteiger partial charge in [0.25, 0.3) is 0 Å². The Kier molecular flexibility index (Phi) is 2.05. The molecule has 0 bridgehead atoms. The van der Waals surface area contributed by atoms with Crippen LogP contribution in [0, 0.1) is 0 Å². The van der Waals surface area contributed by atoms with Gasteiger partial charge in [0.2, 0.25) is 0 Å². The number of benzene rings is 2. The molecule has 0 spiro atoms.